The first-order valence-corrected chi connectivity index (χ1v) is 14.6. The quantitative estimate of drug-likeness (QED) is 0.132. The molecule has 0 bridgehead atoms. The average molecular weight is 588 g/mol. The lowest BCUT2D eigenvalue weighted by molar-refractivity contribution is -0.307. The van der Waals surface area contributed by atoms with E-state index in [0.29, 0.717) is 13.0 Å². The molecule has 0 radical (unpaired) electrons. The van der Waals surface area contributed by atoms with Gasteiger partial charge < -0.3 is 56.1 Å². The lowest BCUT2D eigenvalue weighted by Gasteiger charge is -2.46. The molecule has 41 heavy (non-hydrogen) atoms. The van der Waals surface area contributed by atoms with Gasteiger partial charge in [-0.1, -0.05) is 39.8 Å². The van der Waals surface area contributed by atoms with Crippen molar-refractivity contribution < 1.29 is 49.3 Å². The number of nitrogens with two attached hydrogens (primary N) is 1. The van der Waals surface area contributed by atoms with Crippen LogP contribution in [-0.2, 0) is 23.8 Å². The van der Waals surface area contributed by atoms with E-state index in [1.54, 1.807) is 26.8 Å². The lowest BCUT2D eigenvalue weighted by atomic mass is 9.81. The lowest BCUT2D eigenvalue weighted by Crippen LogP contribution is -2.62. The van der Waals surface area contributed by atoms with E-state index < -0.39 is 78.7 Å². The van der Waals surface area contributed by atoms with Gasteiger partial charge in [0.05, 0.1) is 48.6 Å². The molecule has 12 atom stereocenters. The Labute approximate surface area is 241 Å². The maximum absolute atomic E-state index is 13.4. The summed E-state index contributed by atoms with van der Waals surface area (Å²) >= 11 is 0. The summed E-state index contributed by atoms with van der Waals surface area (Å²) in [5, 5.41) is 59.2. The molecule has 5 unspecified atom stereocenters. The third kappa shape index (κ3) is 8.68. The van der Waals surface area contributed by atoms with E-state index in [1.165, 1.54) is 0 Å². The topological polar surface area (TPSA) is 213 Å². The molecule has 3 aliphatic heterocycles. The molecule has 0 spiro atoms. The molecule has 3 heterocycles. The predicted molar refractivity (Wildman–Crippen MR) is 147 cm³/mol. The Morgan fingerprint density at radius 1 is 1.22 bits per heavy atom. The van der Waals surface area contributed by atoms with E-state index >= 15 is 0 Å². The Kier molecular flexibility index (Phi) is 11.7. The summed E-state index contributed by atoms with van der Waals surface area (Å²) in [6.45, 7) is 9.48. The van der Waals surface area contributed by atoms with Crippen molar-refractivity contribution in [3.05, 3.63) is 12.2 Å². The second-order valence-electron chi connectivity index (χ2n) is 12.4. The van der Waals surface area contributed by atoms with Gasteiger partial charge in [-0.25, -0.2) is 0 Å². The van der Waals surface area contributed by atoms with E-state index in [0.717, 1.165) is 0 Å². The summed E-state index contributed by atoms with van der Waals surface area (Å²) in [6.07, 6.45) is -5.27. The summed E-state index contributed by atoms with van der Waals surface area (Å²) < 4.78 is 17.9. The molecule has 0 aromatic heterocycles. The van der Waals surface area contributed by atoms with Crippen LogP contribution in [0.3, 0.4) is 0 Å². The maximum Gasteiger partial charge on any atom is 0.242 e. The number of aliphatic hydroxyl groups excluding tert-OH is 4. The maximum atomic E-state index is 13.4. The Morgan fingerprint density at radius 2 is 1.90 bits per heavy atom. The molecule has 0 aliphatic carbocycles. The minimum atomic E-state index is -1.94. The van der Waals surface area contributed by atoms with Gasteiger partial charge in [0.15, 0.2) is 12.1 Å². The summed E-state index contributed by atoms with van der Waals surface area (Å²) in [5.74, 6) is -4.15. The van der Waals surface area contributed by atoms with E-state index in [2.05, 4.69) is 10.6 Å². The average Bonchev–Trinajstić information content (AvgIpc) is 3.27. The van der Waals surface area contributed by atoms with Crippen LogP contribution in [0.5, 0.6) is 0 Å². The van der Waals surface area contributed by atoms with Gasteiger partial charge in [0, 0.05) is 25.8 Å². The van der Waals surface area contributed by atoms with Crippen LogP contribution in [0.4, 0.5) is 0 Å². The Bertz CT molecular complexity index is 920. The van der Waals surface area contributed by atoms with E-state index in [1.807, 2.05) is 19.9 Å². The Morgan fingerprint density at radius 3 is 2.49 bits per heavy atom. The summed E-state index contributed by atoms with van der Waals surface area (Å²) in [4.78, 5) is 25.6. The third-order valence-corrected chi connectivity index (χ3v) is 8.06. The molecule has 9 N–H and O–H groups in total. The number of ether oxygens (including phenoxy) is 3. The summed E-state index contributed by atoms with van der Waals surface area (Å²) in [5.41, 5.74) is 5.98. The normalized spacial score (nSPS) is 39.7. The first kappa shape index (κ1) is 33.8. The first-order valence-electron chi connectivity index (χ1n) is 14.6. The summed E-state index contributed by atoms with van der Waals surface area (Å²) in [6, 6.07) is -1.78. The zero-order chi connectivity index (χ0) is 30.6. The fourth-order valence-electron chi connectivity index (χ4n) is 5.45. The van der Waals surface area contributed by atoms with Gasteiger partial charge in [-0.2, -0.15) is 0 Å². The van der Waals surface area contributed by atoms with Crippen molar-refractivity contribution in [2.24, 2.45) is 23.5 Å². The monoisotopic (exact) mass is 587 g/mol. The van der Waals surface area contributed by atoms with Crippen molar-refractivity contribution in [2.45, 2.75) is 127 Å². The van der Waals surface area contributed by atoms with Crippen LogP contribution in [-0.4, -0.2) is 111 Å². The second kappa shape index (κ2) is 14.2. The molecular formula is C28H49N3O10. The fourth-order valence-corrected chi connectivity index (χ4v) is 5.45. The standard InChI is InChI=1S/C28H49N3O10/c1-13(2)6-7-16(40-27-24(35)22(29)23(34)15(5)39-27)10-20-21(26(37)31-17-8-9-30-25(17)36)19(33)12-28(38,41-20)11-18(32)14(3)4/h6-7,13-24,27,32-35,38H,8-12,29H2,1-5H3,(H,30,36)(H,31,37)/b7-6+/t15?,16-,17-,18+,19-,20-,21+,22?,23?,24?,27?,28+/m0/s1. The zero-order valence-electron chi connectivity index (χ0n) is 24.6. The van der Waals surface area contributed by atoms with Gasteiger partial charge >= 0.3 is 0 Å². The highest BCUT2D eigenvalue weighted by molar-refractivity contribution is 5.90. The van der Waals surface area contributed by atoms with Crippen molar-refractivity contribution in [1.82, 2.24) is 10.6 Å². The van der Waals surface area contributed by atoms with Gasteiger partial charge in [0.25, 0.3) is 0 Å². The fraction of sp³-hybridized carbons (Fsp3) is 0.857. The van der Waals surface area contributed by atoms with E-state index in [9.17, 15) is 35.1 Å². The van der Waals surface area contributed by atoms with Crippen molar-refractivity contribution in [3.8, 4) is 0 Å². The van der Waals surface area contributed by atoms with Crippen LogP contribution in [0.1, 0.15) is 60.3 Å². The number of hydrogen-bond acceptors (Lipinski definition) is 11. The zero-order valence-corrected chi connectivity index (χ0v) is 24.6. The predicted octanol–water partition coefficient (Wildman–Crippen LogP) is -1.37. The molecule has 0 aromatic rings. The van der Waals surface area contributed by atoms with Crippen LogP contribution in [0.2, 0.25) is 0 Å². The van der Waals surface area contributed by atoms with E-state index in [4.69, 9.17) is 19.9 Å². The SMILES string of the molecule is CC(C)/C=C/[C@@H](C[C@@H]1O[C@](O)(C[C@@H](O)C(C)C)C[C@H](O)[C@H]1C(=O)N[C@H]1CCNC1=O)OC1OC(C)C(O)C(N)C1O. The number of carbonyl (C=O) groups excluding carboxylic acids is 2. The molecular weight excluding hydrogens is 538 g/mol. The number of rotatable bonds is 11. The van der Waals surface area contributed by atoms with Crippen LogP contribution >= 0.6 is 0 Å². The van der Waals surface area contributed by atoms with Crippen LogP contribution in [0.25, 0.3) is 0 Å². The molecule has 3 saturated heterocycles. The highest BCUT2D eigenvalue weighted by atomic mass is 16.7. The number of carbonyl (C=O) groups is 2. The number of amides is 2. The number of hydrogen-bond donors (Lipinski definition) is 8. The molecule has 3 rings (SSSR count). The van der Waals surface area contributed by atoms with Crippen molar-refractivity contribution in [3.63, 3.8) is 0 Å². The number of nitrogens with one attached hydrogen (secondary N) is 2. The number of allylic oxidation sites excluding steroid dienone is 1. The van der Waals surface area contributed by atoms with Gasteiger partial charge in [-0.05, 0) is 25.2 Å². The highest BCUT2D eigenvalue weighted by Crippen LogP contribution is 2.38. The third-order valence-electron chi connectivity index (χ3n) is 8.06. The molecule has 0 aromatic carbocycles. The van der Waals surface area contributed by atoms with Crippen LogP contribution < -0.4 is 16.4 Å². The molecule has 2 amide bonds. The van der Waals surface area contributed by atoms with E-state index in [-0.39, 0.29) is 37.0 Å². The molecule has 236 valence electrons. The molecule has 13 nitrogen and oxygen atoms in total. The van der Waals surface area contributed by atoms with Crippen molar-refractivity contribution >= 4 is 11.8 Å². The second-order valence-corrected chi connectivity index (χ2v) is 12.4. The Balaban J connectivity index is 1.89. The van der Waals surface area contributed by atoms with Gasteiger partial charge in [0.2, 0.25) is 11.8 Å². The van der Waals surface area contributed by atoms with Gasteiger partial charge in [-0.3, -0.25) is 9.59 Å². The highest BCUT2D eigenvalue weighted by Gasteiger charge is 2.51. The van der Waals surface area contributed by atoms with Crippen molar-refractivity contribution in [1.29, 1.82) is 0 Å². The van der Waals surface area contributed by atoms with Crippen molar-refractivity contribution in [2.75, 3.05) is 6.54 Å². The van der Waals surface area contributed by atoms with Crippen LogP contribution in [0, 0.1) is 17.8 Å². The molecule has 0 saturated carbocycles. The van der Waals surface area contributed by atoms with Gasteiger partial charge in [0.1, 0.15) is 12.1 Å². The molecule has 3 aliphatic rings. The largest absolute Gasteiger partial charge is 0.393 e. The Hall–Kier alpha value is -1.68. The minimum absolute atomic E-state index is 0.0614. The molecule has 13 heteroatoms. The summed E-state index contributed by atoms with van der Waals surface area (Å²) in [7, 11) is 0. The number of aliphatic hydroxyl groups is 5. The minimum Gasteiger partial charge on any atom is -0.393 e. The smallest absolute Gasteiger partial charge is 0.242 e. The van der Waals surface area contributed by atoms with Crippen LogP contribution in [0.15, 0.2) is 12.2 Å². The van der Waals surface area contributed by atoms with Gasteiger partial charge in [-0.15, -0.1) is 0 Å². The first-order chi connectivity index (χ1) is 19.1. The molecule has 3 fully saturated rings.